The Labute approximate surface area is 360 Å². The van der Waals surface area contributed by atoms with Crippen molar-refractivity contribution in [1.82, 2.24) is 5.32 Å². The normalized spacial score (nSPS) is 13.0. The van der Waals surface area contributed by atoms with Gasteiger partial charge in [0, 0.05) is 12.8 Å². The molecule has 1 amide bonds. The van der Waals surface area contributed by atoms with Crippen LogP contribution in [0.15, 0.2) is 36.5 Å². The predicted molar refractivity (Wildman–Crippen MR) is 250 cm³/mol. The standard InChI is InChI=1S/C52H97NO5/c1-3-5-7-9-11-13-15-16-17-20-23-26-30-34-38-42-46-52(57)58-47-43-39-35-31-27-24-21-18-19-22-25-29-33-37-41-45-51(56)53-49(48-54)50(55)44-40-36-32-28-14-12-10-8-6-4-2/h17,20-21,24,40,44,49-50,54-55H,3-16,18-19,22-23,25-39,41-43,45-48H2,1-2H3,(H,53,56)/b20-17-,24-21-,44-40+. The van der Waals surface area contributed by atoms with Crippen molar-refractivity contribution >= 4 is 11.9 Å². The Morgan fingerprint density at radius 2 is 0.810 bits per heavy atom. The molecule has 0 aromatic heterocycles. The van der Waals surface area contributed by atoms with Gasteiger partial charge in [0.25, 0.3) is 0 Å². The second-order valence-corrected chi connectivity index (χ2v) is 17.1. The Bertz CT molecular complexity index is 946. The third kappa shape index (κ3) is 43.7. The van der Waals surface area contributed by atoms with E-state index in [9.17, 15) is 19.8 Å². The van der Waals surface area contributed by atoms with Crippen LogP contribution in [0.4, 0.5) is 0 Å². The highest BCUT2D eigenvalue weighted by molar-refractivity contribution is 5.76. The maximum absolute atomic E-state index is 12.4. The van der Waals surface area contributed by atoms with Crippen molar-refractivity contribution in [1.29, 1.82) is 0 Å². The molecule has 3 N–H and O–H groups in total. The lowest BCUT2D eigenvalue weighted by molar-refractivity contribution is -0.143. The van der Waals surface area contributed by atoms with Gasteiger partial charge in [-0.25, -0.2) is 0 Å². The average Bonchev–Trinajstić information content (AvgIpc) is 3.22. The zero-order chi connectivity index (χ0) is 42.3. The molecule has 58 heavy (non-hydrogen) atoms. The Kier molecular flexibility index (Phi) is 46.2. The summed E-state index contributed by atoms with van der Waals surface area (Å²) in [5.41, 5.74) is 0. The Morgan fingerprint density at radius 1 is 0.466 bits per heavy atom. The number of carbonyl (C=O) groups is 2. The molecule has 0 aliphatic carbocycles. The Hall–Kier alpha value is -1.92. The van der Waals surface area contributed by atoms with Gasteiger partial charge < -0.3 is 20.3 Å². The summed E-state index contributed by atoms with van der Waals surface area (Å²) in [7, 11) is 0. The summed E-state index contributed by atoms with van der Waals surface area (Å²) in [4.78, 5) is 24.4. The molecule has 6 nitrogen and oxygen atoms in total. The molecule has 0 rings (SSSR count). The Morgan fingerprint density at radius 3 is 1.22 bits per heavy atom. The van der Waals surface area contributed by atoms with Crippen LogP contribution in [0.1, 0.15) is 258 Å². The molecule has 0 aliphatic rings. The van der Waals surface area contributed by atoms with Gasteiger partial charge in [0.1, 0.15) is 0 Å². The monoisotopic (exact) mass is 816 g/mol. The van der Waals surface area contributed by atoms with Crippen LogP contribution in [-0.2, 0) is 14.3 Å². The van der Waals surface area contributed by atoms with Crippen LogP contribution in [0.3, 0.4) is 0 Å². The number of hydrogen-bond acceptors (Lipinski definition) is 5. The maximum Gasteiger partial charge on any atom is 0.305 e. The summed E-state index contributed by atoms with van der Waals surface area (Å²) in [5.74, 6) is -0.106. The fourth-order valence-corrected chi connectivity index (χ4v) is 7.44. The maximum atomic E-state index is 12.4. The molecule has 340 valence electrons. The van der Waals surface area contributed by atoms with E-state index >= 15 is 0 Å². The summed E-state index contributed by atoms with van der Waals surface area (Å²) in [5, 5.41) is 22.9. The van der Waals surface area contributed by atoms with Crippen LogP contribution in [0.25, 0.3) is 0 Å². The number of esters is 1. The predicted octanol–water partition coefficient (Wildman–Crippen LogP) is 14.9. The number of nitrogens with one attached hydrogen (secondary N) is 1. The van der Waals surface area contributed by atoms with Crippen molar-refractivity contribution in [3.63, 3.8) is 0 Å². The molecule has 0 radical (unpaired) electrons. The van der Waals surface area contributed by atoms with E-state index in [-0.39, 0.29) is 18.5 Å². The van der Waals surface area contributed by atoms with Crippen molar-refractivity contribution < 1.29 is 24.5 Å². The smallest absolute Gasteiger partial charge is 0.305 e. The highest BCUT2D eigenvalue weighted by Crippen LogP contribution is 2.14. The van der Waals surface area contributed by atoms with Gasteiger partial charge in [0.2, 0.25) is 5.91 Å². The molecular formula is C52H97NO5. The van der Waals surface area contributed by atoms with Crippen LogP contribution in [0, 0.1) is 0 Å². The van der Waals surface area contributed by atoms with E-state index in [4.69, 9.17) is 4.74 Å². The fourth-order valence-electron chi connectivity index (χ4n) is 7.44. The van der Waals surface area contributed by atoms with Crippen molar-refractivity contribution in [3.8, 4) is 0 Å². The van der Waals surface area contributed by atoms with Crippen LogP contribution in [-0.4, -0.2) is 47.4 Å². The zero-order valence-corrected chi connectivity index (χ0v) is 38.5. The average molecular weight is 816 g/mol. The van der Waals surface area contributed by atoms with Gasteiger partial charge in [-0.15, -0.1) is 0 Å². The van der Waals surface area contributed by atoms with E-state index in [2.05, 4.69) is 43.5 Å². The summed E-state index contributed by atoms with van der Waals surface area (Å²) in [6.45, 7) is 4.83. The number of amides is 1. The second kappa shape index (κ2) is 47.8. The first-order valence-electron chi connectivity index (χ1n) is 25.3. The highest BCUT2D eigenvalue weighted by Gasteiger charge is 2.18. The number of unbranched alkanes of at least 4 members (excludes halogenated alkanes) is 31. The minimum Gasteiger partial charge on any atom is -0.466 e. The molecule has 2 atom stereocenters. The number of ether oxygens (including phenoxy) is 1. The van der Waals surface area contributed by atoms with E-state index < -0.39 is 12.1 Å². The van der Waals surface area contributed by atoms with E-state index in [1.54, 1.807) is 6.08 Å². The first-order chi connectivity index (χ1) is 28.5. The first kappa shape index (κ1) is 56.1. The third-order valence-electron chi connectivity index (χ3n) is 11.4. The molecule has 0 aromatic rings. The van der Waals surface area contributed by atoms with Crippen LogP contribution in [0.5, 0.6) is 0 Å². The van der Waals surface area contributed by atoms with Crippen LogP contribution in [0.2, 0.25) is 0 Å². The molecule has 0 bridgehead atoms. The van der Waals surface area contributed by atoms with Gasteiger partial charge in [-0.05, 0) is 83.5 Å². The summed E-state index contributed by atoms with van der Waals surface area (Å²) >= 11 is 0. The van der Waals surface area contributed by atoms with E-state index in [1.165, 1.54) is 161 Å². The number of allylic oxidation sites excluding steroid dienone is 5. The largest absolute Gasteiger partial charge is 0.466 e. The first-order valence-corrected chi connectivity index (χ1v) is 25.3. The number of aliphatic hydroxyl groups is 2. The van der Waals surface area contributed by atoms with E-state index in [0.29, 0.717) is 19.4 Å². The molecule has 6 heteroatoms. The third-order valence-corrected chi connectivity index (χ3v) is 11.4. The highest BCUT2D eigenvalue weighted by atomic mass is 16.5. The van der Waals surface area contributed by atoms with Gasteiger partial charge >= 0.3 is 5.97 Å². The number of carbonyl (C=O) groups excluding carboxylic acids is 2. The summed E-state index contributed by atoms with van der Waals surface area (Å²) in [6.07, 6.45) is 57.2. The molecule has 0 aromatic carbocycles. The number of hydrogen-bond donors (Lipinski definition) is 3. The van der Waals surface area contributed by atoms with Crippen LogP contribution < -0.4 is 5.32 Å². The van der Waals surface area contributed by atoms with Gasteiger partial charge in [-0.3, -0.25) is 9.59 Å². The van der Waals surface area contributed by atoms with Gasteiger partial charge in [0.05, 0.1) is 25.4 Å². The Balaban J connectivity index is 3.49. The van der Waals surface area contributed by atoms with E-state index in [0.717, 1.165) is 70.6 Å². The molecular weight excluding hydrogens is 719 g/mol. The minimum absolute atomic E-state index is 0.0196. The summed E-state index contributed by atoms with van der Waals surface area (Å²) < 4.78 is 5.45. The molecule has 2 unspecified atom stereocenters. The quantitative estimate of drug-likeness (QED) is 0.0323. The number of aliphatic hydroxyl groups excluding tert-OH is 2. The van der Waals surface area contributed by atoms with E-state index in [1.807, 2.05) is 6.08 Å². The molecule has 0 saturated carbocycles. The lowest BCUT2D eigenvalue weighted by atomic mass is 10.1. The number of rotatable bonds is 46. The van der Waals surface area contributed by atoms with Crippen molar-refractivity contribution in [2.45, 2.75) is 270 Å². The molecule has 0 fully saturated rings. The SMILES string of the molecule is CCCCCCCCC/C=C\CCCCCCCC(=O)OCCCCCC/C=C\CCCCCCCCCC(=O)NC(CO)C(O)/C=C/CCCCCCCCCC. The molecule has 0 spiro atoms. The molecule has 0 heterocycles. The van der Waals surface area contributed by atoms with Crippen molar-refractivity contribution in [2.75, 3.05) is 13.2 Å². The summed E-state index contributed by atoms with van der Waals surface area (Å²) in [6, 6.07) is -0.638. The van der Waals surface area contributed by atoms with Crippen molar-refractivity contribution in [3.05, 3.63) is 36.5 Å². The lowest BCUT2D eigenvalue weighted by Gasteiger charge is -2.20. The molecule has 0 aliphatic heterocycles. The van der Waals surface area contributed by atoms with Gasteiger partial charge in [-0.1, -0.05) is 198 Å². The van der Waals surface area contributed by atoms with Crippen molar-refractivity contribution in [2.24, 2.45) is 0 Å². The zero-order valence-electron chi connectivity index (χ0n) is 38.5. The fraction of sp³-hybridized carbons (Fsp3) is 0.846. The van der Waals surface area contributed by atoms with Gasteiger partial charge in [-0.2, -0.15) is 0 Å². The second-order valence-electron chi connectivity index (χ2n) is 17.1. The van der Waals surface area contributed by atoms with Gasteiger partial charge in [0.15, 0.2) is 0 Å². The van der Waals surface area contributed by atoms with Crippen LogP contribution >= 0.6 is 0 Å². The molecule has 0 saturated heterocycles. The minimum atomic E-state index is -0.853. The topological polar surface area (TPSA) is 95.9 Å². The lowest BCUT2D eigenvalue weighted by Crippen LogP contribution is -2.45.